The molecule has 0 saturated heterocycles. The third kappa shape index (κ3) is 3.43. The molecular weight excluding hydrogens is 364 g/mol. The number of aryl methyl sites for hydroxylation is 4. The van der Waals surface area contributed by atoms with Crippen LogP contribution in [0, 0.1) is 27.7 Å². The Bertz CT molecular complexity index is 1180. The SMILES string of the molecule is CCCC(CCC)n1ccc2c(C)nc3c(-c4c(C)cc(C)cc4C)cccc3c21. The summed E-state index contributed by atoms with van der Waals surface area (Å²) in [6.07, 6.45) is 7.15. The highest BCUT2D eigenvalue weighted by molar-refractivity contribution is 6.10. The van der Waals surface area contributed by atoms with Crippen LogP contribution < -0.4 is 0 Å². The maximum atomic E-state index is 5.14. The Kier molecular flexibility index (Phi) is 5.69. The lowest BCUT2D eigenvalue weighted by molar-refractivity contribution is 0.438. The van der Waals surface area contributed by atoms with E-state index in [2.05, 4.69) is 88.7 Å². The predicted molar refractivity (Wildman–Crippen MR) is 130 cm³/mol. The van der Waals surface area contributed by atoms with Gasteiger partial charge in [0.25, 0.3) is 0 Å². The van der Waals surface area contributed by atoms with Crippen molar-refractivity contribution in [3.05, 3.63) is 65.0 Å². The molecule has 0 unspecified atom stereocenters. The van der Waals surface area contributed by atoms with E-state index in [0.717, 1.165) is 11.2 Å². The number of hydrogen-bond acceptors (Lipinski definition) is 1. The molecule has 2 nitrogen and oxygen atoms in total. The van der Waals surface area contributed by atoms with E-state index in [0.29, 0.717) is 6.04 Å². The fourth-order valence-corrected chi connectivity index (χ4v) is 5.31. The predicted octanol–water partition coefficient (Wildman–Crippen LogP) is 8.23. The minimum Gasteiger partial charge on any atom is -0.344 e. The Morgan fingerprint density at radius 1 is 0.867 bits per heavy atom. The molecule has 0 radical (unpaired) electrons. The lowest BCUT2D eigenvalue weighted by atomic mass is 9.92. The van der Waals surface area contributed by atoms with Gasteiger partial charge in [-0.15, -0.1) is 0 Å². The summed E-state index contributed by atoms with van der Waals surface area (Å²) in [6, 6.07) is 14.1. The summed E-state index contributed by atoms with van der Waals surface area (Å²) >= 11 is 0. The zero-order valence-electron chi connectivity index (χ0n) is 19.3. The van der Waals surface area contributed by atoms with Crippen LogP contribution in [0.25, 0.3) is 32.9 Å². The first-order chi connectivity index (χ1) is 14.5. The van der Waals surface area contributed by atoms with E-state index in [1.807, 2.05) is 0 Å². The van der Waals surface area contributed by atoms with Gasteiger partial charge in [-0.2, -0.15) is 0 Å². The standard InChI is InChI=1S/C28H34N2/c1-7-10-22(11-8-2)30-15-14-23-21(6)29-27-24(12-9-13-25(27)28(23)30)26-19(4)16-18(3)17-20(26)5/h9,12-17,22H,7-8,10-11H2,1-6H3. The molecule has 0 N–H and O–H groups in total. The molecule has 4 aromatic rings. The van der Waals surface area contributed by atoms with Crippen molar-refractivity contribution < 1.29 is 0 Å². The van der Waals surface area contributed by atoms with Crippen molar-refractivity contribution in [2.45, 2.75) is 73.3 Å². The zero-order valence-corrected chi connectivity index (χ0v) is 19.3. The first-order valence-electron chi connectivity index (χ1n) is 11.4. The summed E-state index contributed by atoms with van der Waals surface area (Å²) in [5.74, 6) is 0. The molecular formula is C28H34N2. The molecule has 0 amide bonds. The topological polar surface area (TPSA) is 17.8 Å². The second-order valence-corrected chi connectivity index (χ2v) is 8.89. The summed E-state index contributed by atoms with van der Waals surface area (Å²) in [4.78, 5) is 5.14. The summed E-state index contributed by atoms with van der Waals surface area (Å²) in [5, 5.41) is 2.56. The number of para-hydroxylation sites is 1. The number of aromatic nitrogens is 2. The molecule has 0 atom stereocenters. The van der Waals surface area contributed by atoms with Gasteiger partial charge < -0.3 is 4.57 Å². The molecule has 0 aliphatic rings. The fourth-order valence-electron chi connectivity index (χ4n) is 5.31. The average molecular weight is 399 g/mol. The second kappa shape index (κ2) is 8.26. The van der Waals surface area contributed by atoms with Gasteiger partial charge in [-0.25, -0.2) is 0 Å². The molecule has 156 valence electrons. The van der Waals surface area contributed by atoms with E-state index in [1.165, 1.54) is 69.8 Å². The van der Waals surface area contributed by atoms with E-state index in [4.69, 9.17) is 4.98 Å². The largest absolute Gasteiger partial charge is 0.344 e. The number of hydrogen-bond donors (Lipinski definition) is 0. The van der Waals surface area contributed by atoms with Gasteiger partial charge in [-0.05, 0) is 63.3 Å². The number of benzene rings is 2. The van der Waals surface area contributed by atoms with E-state index >= 15 is 0 Å². The molecule has 4 rings (SSSR count). The van der Waals surface area contributed by atoms with Crippen LogP contribution >= 0.6 is 0 Å². The highest BCUT2D eigenvalue weighted by Crippen LogP contribution is 2.38. The molecule has 0 aliphatic heterocycles. The monoisotopic (exact) mass is 398 g/mol. The van der Waals surface area contributed by atoms with E-state index < -0.39 is 0 Å². The van der Waals surface area contributed by atoms with Gasteiger partial charge in [0.1, 0.15) is 0 Å². The van der Waals surface area contributed by atoms with Crippen LogP contribution in [0.1, 0.15) is 68.0 Å². The maximum absolute atomic E-state index is 5.14. The van der Waals surface area contributed by atoms with E-state index in [-0.39, 0.29) is 0 Å². The Hall–Kier alpha value is -2.61. The van der Waals surface area contributed by atoms with Gasteiger partial charge in [0.15, 0.2) is 0 Å². The quantitative estimate of drug-likeness (QED) is 0.320. The molecule has 2 heterocycles. The number of nitrogens with zero attached hydrogens (tertiary/aromatic N) is 2. The smallest absolute Gasteiger partial charge is 0.0805 e. The maximum Gasteiger partial charge on any atom is 0.0805 e. The van der Waals surface area contributed by atoms with Crippen LogP contribution in [0.3, 0.4) is 0 Å². The Morgan fingerprint density at radius 3 is 2.17 bits per heavy atom. The summed E-state index contributed by atoms with van der Waals surface area (Å²) < 4.78 is 2.54. The van der Waals surface area contributed by atoms with Crippen LogP contribution in [-0.4, -0.2) is 9.55 Å². The number of rotatable bonds is 6. The van der Waals surface area contributed by atoms with Gasteiger partial charge in [0, 0.05) is 34.3 Å². The second-order valence-electron chi connectivity index (χ2n) is 8.89. The molecule has 2 aromatic heterocycles. The van der Waals surface area contributed by atoms with E-state index in [9.17, 15) is 0 Å². The lowest BCUT2D eigenvalue weighted by Crippen LogP contribution is -2.08. The molecule has 0 fully saturated rings. The summed E-state index contributed by atoms with van der Waals surface area (Å²) in [5.41, 5.74) is 10.2. The third-order valence-electron chi connectivity index (χ3n) is 6.46. The molecule has 0 aliphatic carbocycles. The minimum atomic E-state index is 0.550. The van der Waals surface area contributed by atoms with Crippen LogP contribution in [0.4, 0.5) is 0 Å². The van der Waals surface area contributed by atoms with Gasteiger partial charge >= 0.3 is 0 Å². The van der Waals surface area contributed by atoms with E-state index in [1.54, 1.807) is 0 Å². The Morgan fingerprint density at radius 2 is 1.53 bits per heavy atom. The minimum absolute atomic E-state index is 0.550. The highest BCUT2D eigenvalue weighted by Gasteiger charge is 2.19. The molecule has 0 bridgehead atoms. The number of fused-ring (bicyclic) bond motifs is 3. The summed E-state index contributed by atoms with van der Waals surface area (Å²) in [7, 11) is 0. The Labute approximate surface area is 181 Å². The summed E-state index contributed by atoms with van der Waals surface area (Å²) in [6.45, 7) is 13.4. The molecule has 0 saturated carbocycles. The van der Waals surface area contributed by atoms with Gasteiger partial charge in [0.05, 0.1) is 11.0 Å². The van der Waals surface area contributed by atoms with Crippen molar-refractivity contribution in [2.75, 3.05) is 0 Å². The molecule has 30 heavy (non-hydrogen) atoms. The van der Waals surface area contributed by atoms with Gasteiger partial charge in [-0.3, -0.25) is 4.98 Å². The van der Waals surface area contributed by atoms with Crippen LogP contribution in [-0.2, 0) is 0 Å². The van der Waals surface area contributed by atoms with Gasteiger partial charge in [-0.1, -0.05) is 62.6 Å². The van der Waals surface area contributed by atoms with Crippen LogP contribution in [0.15, 0.2) is 42.6 Å². The first kappa shape index (κ1) is 20.7. The van der Waals surface area contributed by atoms with Gasteiger partial charge in [0.2, 0.25) is 0 Å². The van der Waals surface area contributed by atoms with Crippen LogP contribution in [0.5, 0.6) is 0 Å². The van der Waals surface area contributed by atoms with Crippen molar-refractivity contribution in [1.82, 2.24) is 9.55 Å². The molecule has 2 heteroatoms. The normalized spacial score (nSPS) is 11.8. The third-order valence-corrected chi connectivity index (χ3v) is 6.46. The van der Waals surface area contributed by atoms with Crippen molar-refractivity contribution in [1.29, 1.82) is 0 Å². The fraction of sp³-hybridized carbons (Fsp3) is 0.393. The lowest BCUT2D eigenvalue weighted by Gasteiger charge is -2.21. The molecule has 2 aromatic carbocycles. The van der Waals surface area contributed by atoms with Crippen LogP contribution in [0.2, 0.25) is 0 Å². The van der Waals surface area contributed by atoms with Crippen molar-refractivity contribution in [2.24, 2.45) is 0 Å². The zero-order chi connectivity index (χ0) is 21.4. The number of pyridine rings is 1. The van der Waals surface area contributed by atoms with Crippen molar-refractivity contribution in [3.63, 3.8) is 0 Å². The first-order valence-corrected chi connectivity index (χ1v) is 11.4. The van der Waals surface area contributed by atoms with Crippen molar-refractivity contribution >= 4 is 21.8 Å². The Balaban J connectivity index is 2.05. The average Bonchev–Trinajstić information content (AvgIpc) is 3.14. The highest BCUT2D eigenvalue weighted by atomic mass is 15.0. The van der Waals surface area contributed by atoms with Crippen molar-refractivity contribution in [3.8, 4) is 11.1 Å². The molecule has 0 spiro atoms.